The fourth-order valence-corrected chi connectivity index (χ4v) is 4.68. The van der Waals surface area contributed by atoms with Crippen molar-refractivity contribution in [2.24, 2.45) is 0 Å². The van der Waals surface area contributed by atoms with Crippen molar-refractivity contribution in [3.05, 3.63) is 65.4 Å². The SMILES string of the molecule is C=C(CCCc1ccccc1C(F)(F)F)[N+]1(C)c2cnc(C#N)nc2[C@@]1(C)CCCC. The average Bonchev–Trinajstić information content (AvgIpc) is 2.75. The third-order valence-electron chi connectivity index (χ3n) is 6.73. The van der Waals surface area contributed by atoms with E-state index in [1.807, 2.05) is 6.07 Å². The third-order valence-corrected chi connectivity index (χ3v) is 6.73. The molecule has 2 aromatic rings. The van der Waals surface area contributed by atoms with Crippen LogP contribution in [-0.4, -0.2) is 17.0 Å². The quantitative estimate of drug-likeness (QED) is 0.465. The zero-order chi connectivity index (χ0) is 22.9. The summed E-state index contributed by atoms with van der Waals surface area (Å²) in [5.41, 5.74) is 2.12. The molecule has 0 saturated carbocycles. The first-order valence-corrected chi connectivity index (χ1v) is 10.6. The first-order chi connectivity index (χ1) is 14.6. The lowest BCUT2D eigenvalue weighted by molar-refractivity contribution is -0.138. The number of hydrogen-bond acceptors (Lipinski definition) is 3. The predicted octanol–water partition coefficient (Wildman–Crippen LogP) is 6.26. The molecule has 0 radical (unpaired) electrons. The Balaban J connectivity index is 1.81. The number of aryl methyl sites for hydroxylation is 1. The highest BCUT2D eigenvalue weighted by atomic mass is 19.4. The average molecular weight is 430 g/mol. The van der Waals surface area contributed by atoms with Gasteiger partial charge in [-0.2, -0.15) is 18.4 Å². The maximum Gasteiger partial charge on any atom is 0.416 e. The first-order valence-electron chi connectivity index (χ1n) is 10.6. The number of halogens is 3. The number of nitriles is 1. The second-order valence-corrected chi connectivity index (χ2v) is 8.50. The Kier molecular flexibility index (Phi) is 6.24. The van der Waals surface area contributed by atoms with Gasteiger partial charge in [-0.1, -0.05) is 31.5 Å². The van der Waals surface area contributed by atoms with Crippen LogP contribution < -0.4 is 4.48 Å². The lowest BCUT2D eigenvalue weighted by atomic mass is 9.76. The molecule has 0 fully saturated rings. The van der Waals surface area contributed by atoms with Crippen LogP contribution >= 0.6 is 0 Å². The van der Waals surface area contributed by atoms with Gasteiger partial charge in [0, 0.05) is 12.8 Å². The molecular formula is C24H28F3N4+. The molecule has 3 rings (SSSR count). The van der Waals surface area contributed by atoms with Crippen LogP contribution in [0.4, 0.5) is 18.9 Å². The number of fused-ring (bicyclic) bond motifs is 1. The molecule has 0 N–H and O–H groups in total. The van der Waals surface area contributed by atoms with E-state index in [0.29, 0.717) is 29.3 Å². The van der Waals surface area contributed by atoms with E-state index < -0.39 is 11.7 Å². The van der Waals surface area contributed by atoms with E-state index >= 15 is 0 Å². The largest absolute Gasteiger partial charge is 0.416 e. The topological polar surface area (TPSA) is 49.6 Å². The van der Waals surface area contributed by atoms with Gasteiger partial charge < -0.3 is 0 Å². The standard InChI is InChI=1S/C24H28F3N4/c1-5-6-14-23(3)22-20(16-29-21(15-28)30-22)31(23,4)17(2)10-9-12-18-11-7-8-13-19(18)24(25,26)27/h7-8,11,13,16H,2,5-6,9-10,12,14H2,1,3-4H3/q+1/t23-,31?/m1/s1. The monoisotopic (exact) mass is 429 g/mol. The minimum Gasteiger partial charge on any atom is -0.252 e. The molecule has 4 nitrogen and oxygen atoms in total. The maximum absolute atomic E-state index is 13.3. The summed E-state index contributed by atoms with van der Waals surface area (Å²) in [6.45, 7) is 8.58. The Morgan fingerprint density at radius 3 is 2.61 bits per heavy atom. The molecule has 1 aromatic heterocycles. The van der Waals surface area contributed by atoms with Crippen molar-refractivity contribution in [1.29, 1.82) is 5.26 Å². The smallest absolute Gasteiger partial charge is 0.252 e. The Morgan fingerprint density at radius 2 is 1.97 bits per heavy atom. The highest BCUT2D eigenvalue weighted by molar-refractivity contribution is 5.64. The second-order valence-electron chi connectivity index (χ2n) is 8.50. The van der Waals surface area contributed by atoms with E-state index in [1.165, 1.54) is 6.07 Å². The maximum atomic E-state index is 13.3. The molecule has 0 bridgehead atoms. The highest BCUT2D eigenvalue weighted by Gasteiger charge is 2.62. The van der Waals surface area contributed by atoms with Crippen LogP contribution in [0.5, 0.6) is 0 Å². The zero-order valence-electron chi connectivity index (χ0n) is 18.3. The van der Waals surface area contributed by atoms with Crippen molar-refractivity contribution in [1.82, 2.24) is 14.5 Å². The fourth-order valence-electron chi connectivity index (χ4n) is 4.68. The van der Waals surface area contributed by atoms with Crippen LogP contribution in [0.3, 0.4) is 0 Å². The molecule has 0 amide bonds. The van der Waals surface area contributed by atoms with Crippen molar-refractivity contribution in [2.75, 3.05) is 7.05 Å². The lowest BCUT2D eigenvalue weighted by Gasteiger charge is -2.56. The lowest BCUT2D eigenvalue weighted by Crippen LogP contribution is -2.67. The van der Waals surface area contributed by atoms with Gasteiger partial charge in [0.05, 0.1) is 18.8 Å². The summed E-state index contributed by atoms with van der Waals surface area (Å²) in [5, 5.41) is 9.19. The van der Waals surface area contributed by atoms with Crippen molar-refractivity contribution in [3.8, 4) is 6.07 Å². The molecule has 1 aliphatic heterocycles. The van der Waals surface area contributed by atoms with E-state index in [1.54, 1.807) is 18.3 Å². The number of unbranched alkanes of at least 4 members (excludes halogenated alkanes) is 1. The normalized spacial score (nSPS) is 22.4. The van der Waals surface area contributed by atoms with Gasteiger partial charge in [-0.05, 0) is 44.4 Å². The molecule has 1 aromatic carbocycles. The van der Waals surface area contributed by atoms with Gasteiger partial charge in [-0.3, -0.25) is 4.48 Å². The number of hydrogen-bond donors (Lipinski definition) is 0. The van der Waals surface area contributed by atoms with Crippen molar-refractivity contribution in [2.45, 2.75) is 64.1 Å². The Hall–Kier alpha value is -2.72. The van der Waals surface area contributed by atoms with Gasteiger partial charge in [0.15, 0.2) is 16.9 Å². The summed E-state index contributed by atoms with van der Waals surface area (Å²) in [7, 11) is 2.07. The van der Waals surface area contributed by atoms with Crippen LogP contribution in [0, 0.1) is 11.3 Å². The number of alkyl halides is 3. The minimum absolute atomic E-state index is 0.155. The molecule has 7 heteroatoms. The number of quaternary nitrogens is 1. The number of benzene rings is 1. The highest BCUT2D eigenvalue weighted by Crippen LogP contribution is 2.57. The minimum atomic E-state index is -4.35. The number of aromatic nitrogens is 2. The molecule has 2 heterocycles. The molecule has 164 valence electrons. The summed E-state index contributed by atoms with van der Waals surface area (Å²) < 4.78 is 40.3. The van der Waals surface area contributed by atoms with Crippen molar-refractivity contribution < 1.29 is 13.2 Å². The molecule has 31 heavy (non-hydrogen) atoms. The number of allylic oxidation sites excluding steroid dienone is 1. The van der Waals surface area contributed by atoms with E-state index in [9.17, 15) is 18.4 Å². The molecular weight excluding hydrogens is 401 g/mol. The summed E-state index contributed by atoms with van der Waals surface area (Å²) >= 11 is 0. The summed E-state index contributed by atoms with van der Waals surface area (Å²) in [5.74, 6) is 0.155. The Morgan fingerprint density at radius 1 is 1.26 bits per heavy atom. The van der Waals surface area contributed by atoms with Gasteiger partial charge in [-0.25, -0.2) is 9.97 Å². The molecule has 2 atom stereocenters. The zero-order valence-corrected chi connectivity index (χ0v) is 18.3. The summed E-state index contributed by atoms with van der Waals surface area (Å²) in [4.78, 5) is 8.62. The van der Waals surface area contributed by atoms with Crippen LogP contribution in [0.15, 0.2) is 42.7 Å². The Labute approximate surface area is 181 Å². The van der Waals surface area contributed by atoms with Gasteiger partial charge in [-0.15, -0.1) is 0 Å². The summed E-state index contributed by atoms with van der Waals surface area (Å²) in [6, 6.07) is 7.75. The molecule has 0 saturated heterocycles. The summed E-state index contributed by atoms with van der Waals surface area (Å²) in [6.07, 6.45) is 1.74. The molecule has 1 aliphatic rings. The number of rotatable bonds is 8. The molecule has 0 aliphatic carbocycles. The van der Waals surface area contributed by atoms with Gasteiger partial charge in [0.2, 0.25) is 5.82 Å². The van der Waals surface area contributed by atoms with E-state index in [-0.39, 0.29) is 11.4 Å². The Bertz CT molecular complexity index is 1020. The fraction of sp³-hybridized carbons (Fsp3) is 0.458. The van der Waals surface area contributed by atoms with Crippen LogP contribution in [0.1, 0.15) is 68.6 Å². The van der Waals surface area contributed by atoms with E-state index in [4.69, 9.17) is 0 Å². The molecule has 1 unspecified atom stereocenters. The van der Waals surface area contributed by atoms with Crippen LogP contribution in [-0.2, 0) is 18.1 Å². The number of nitrogens with zero attached hydrogens (tertiary/aromatic N) is 4. The second kappa shape index (κ2) is 8.43. The van der Waals surface area contributed by atoms with Gasteiger partial charge in [0.1, 0.15) is 11.8 Å². The van der Waals surface area contributed by atoms with Crippen LogP contribution in [0.25, 0.3) is 0 Å². The first kappa shape index (κ1) is 23.0. The van der Waals surface area contributed by atoms with Gasteiger partial charge in [0.25, 0.3) is 0 Å². The third kappa shape index (κ3) is 3.85. The van der Waals surface area contributed by atoms with Crippen LogP contribution in [0.2, 0.25) is 0 Å². The molecule has 0 spiro atoms. The van der Waals surface area contributed by atoms with Crippen molar-refractivity contribution >= 4 is 5.69 Å². The van der Waals surface area contributed by atoms with Gasteiger partial charge >= 0.3 is 6.18 Å². The van der Waals surface area contributed by atoms with Crippen molar-refractivity contribution in [3.63, 3.8) is 0 Å². The van der Waals surface area contributed by atoms with E-state index in [2.05, 4.69) is 37.4 Å². The van der Waals surface area contributed by atoms with E-state index in [0.717, 1.165) is 42.4 Å². The predicted molar refractivity (Wildman–Crippen MR) is 115 cm³/mol.